The van der Waals surface area contributed by atoms with Crippen molar-refractivity contribution in [3.05, 3.63) is 0 Å². The van der Waals surface area contributed by atoms with Crippen molar-refractivity contribution >= 4 is 5.91 Å². The summed E-state index contributed by atoms with van der Waals surface area (Å²) in [6.07, 6.45) is 2.36. The Hall–Kier alpha value is -0.650. The van der Waals surface area contributed by atoms with E-state index in [1.807, 2.05) is 0 Å². The van der Waals surface area contributed by atoms with E-state index < -0.39 is 5.54 Å². The molecular weight excluding hydrogens is 266 g/mol. The molecule has 0 spiro atoms. The van der Waals surface area contributed by atoms with Crippen LogP contribution in [0.15, 0.2) is 0 Å². The van der Waals surface area contributed by atoms with E-state index in [4.69, 9.17) is 10.5 Å². The van der Waals surface area contributed by atoms with Gasteiger partial charge < -0.3 is 10.5 Å². The molecule has 1 saturated heterocycles. The molecule has 21 heavy (non-hydrogen) atoms. The molecule has 1 aliphatic heterocycles. The molecule has 0 radical (unpaired) electrons. The van der Waals surface area contributed by atoms with Gasteiger partial charge in [-0.15, -0.1) is 0 Å². The summed E-state index contributed by atoms with van der Waals surface area (Å²) in [7, 11) is 0. The highest BCUT2D eigenvalue weighted by molar-refractivity contribution is 5.86. The van der Waals surface area contributed by atoms with Crippen LogP contribution in [0.3, 0.4) is 0 Å². The molecule has 122 valence electrons. The average molecular weight is 297 g/mol. The number of ether oxygens (including phenoxy) is 1. The Morgan fingerprint density at radius 2 is 2.10 bits per heavy atom. The maximum atomic E-state index is 12.3. The zero-order chi connectivity index (χ0) is 15.8. The minimum atomic E-state index is -0.596. The fourth-order valence-electron chi connectivity index (χ4n) is 3.79. The first kappa shape index (κ1) is 16.7. The van der Waals surface area contributed by atoms with Gasteiger partial charge in [-0.1, -0.05) is 0 Å². The second-order valence-electron chi connectivity index (χ2n) is 7.77. The van der Waals surface area contributed by atoms with Crippen molar-refractivity contribution in [2.75, 3.05) is 19.6 Å². The van der Waals surface area contributed by atoms with E-state index in [0.29, 0.717) is 12.5 Å². The Labute approximate surface area is 128 Å². The molecule has 0 aromatic rings. The van der Waals surface area contributed by atoms with Gasteiger partial charge in [0.25, 0.3) is 0 Å². The molecule has 2 fully saturated rings. The van der Waals surface area contributed by atoms with Gasteiger partial charge in [-0.05, 0) is 53.4 Å². The second-order valence-corrected chi connectivity index (χ2v) is 7.77. The molecule has 0 bridgehead atoms. The Bertz CT molecular complexity index is 393. The van der Waals surface area contributed by atoms with E-state index in [-0.39, 0.29) is 23.7 Å². The molecule has 1 saturated carbocycles. The van der Waals surface area contributed by atoms with E-state index >= 15 is 0 Å². The molecule has 2 rings (SSSR count). The van der Waals surface area contributed by atoms with Crippen LogP contribution < -0.4 is 11.1 Å². The van der Waals surface area contributed by atoms with Crippen molar-refractivity contribution in [3.8, 4) is 0 Å². The molecule has 1 amide bonds. The zero-order valence-electron chi connectivity index (χ0n) is 14.1. The van der Waals surface area contributed by atoms with Gasteiger partial charge in [-0.3, -0.25) is 15.0 Å². The number of nitrogens with zero attached hydrogens (tertiary/aromatic N) is 1. The zero-order valence-corrected chi connectivity index (χ0v) is 14.1. The van der Waals surface area contributed by atoms with E-state index in [9.17, 15) is 4.79 Å². The summed E-state index contributed by atoms with van der Waals surface area (Å²) >= 11 is 0. The van der Waals surface area contributed by atoms with Crippen LogP contribution in [0.4, 0.5) is 0 Å². The lowest BCUT2D eigenvalue weighted by atomic mass is 9.89. The molecule has 2 atom stereocenters. The Morgan fingerprint density at radius 1 is 1.48 bits per heavy atom. The Balaban J connectivity index is 2.16. The van der Waals surface area contributed by atoms with Crippen molar-refractivity contribution in [2.45, 2.75) is 70.7 Å². The van der Waals surface area contributed by atoms with Crippen molar-refractivity contribution in [1.29, 1.82) is 0 Å². The lowest BCUT2D eigenvalue weighted by Gasteiger charge is -2.46. The van der Waals surface area contributed by atoms with Crippen molar-refractivity contribution in [1.82, 2.24) is 10.2 Å². The monoisotopic (exact) mass is 297 g/mol. The molecule has 5 nitrogen and oxygen atoms in total. The van der Waals surface area contributed by atoms with Gasteiger partial charge >= 0.3 is 0 Å². The minimum absolute atomic E-state index is 0.178. The first-order chi connectivity index (χ1) is 9.64. The maximum Gasteiger partial charge on any atom is 0.239 e. The molecule has 2 aliphatic rings. The number of carbonyl (C=O) groups excluding carboxylic acids is 1. The Kier molecular flexibility index (Phi) is 4.66. The lowest BCUT2D eigenvalue weighted by Crippen LogP contribution is -2.67. The summed E-state index contributed by atoms with van der Waals surface area (Å²) in [5, 5.41) is 3.49. The van der Waals surface area contributed by atoms with Gasteiger partial charge in [-0.2, -0.15) is 0 Å². The molecule has 2 unspecified atom stereocenters. The SMILES string of the molecule is CC(C)NC(CN1CC(C)OC(C)(C)C1)(C(N)=O)C1CC1. The molecule has 1 heterocycles. The number of hydrogen-bond donors (Lipinski definition) is 2. The van der Waals surface area contributed by atoms with Crippen molar-refractivity contribution < 1.29 is 9.53 Å². The highest BCUT2D eigenvalue weighted by atomic mass is 16.5. The van der Waals surface area contributed by atoms with Crippen LogP contribution in [0.25, 0.3) is 0 Å². The molecular formula is C16H31N3O2. The van der Waals surface area contributed by atoms with Crippen LogP contribution in [-0.4, -0.2) is 53.7 Å². The number of primary amides is 1. The third kappa shape index (κ3) is 3.96. The van der Waals surface area contributed by atoms with Gasteiger partial charge in [-0.25, -0.2) is 0 Å². The van der Waals surface area contributed by atoms with E-state index in [2.05, 4.69) is 44.8 Å². The number of hydrogen-bond acceptors (Lipinski definition) is 4. The van der Waals surface area contributed by atoms with Crippen LogP contribution >= 0.6 is 0 Å². The molecule has 3 N–H and O–H groups in total. The van der Waals surface area contributed by atoms with Gasteiger partial charge in [0, 0.05) is 25.7 Å². The fraction of sp³-hybridized carbons (Fsp3) is 0.938. The summed E-state index contributed by atoms with van der Waals surface area (Å²) in [6, 6.07) is 0.240. The summed E-state index contributed by atoms with van der Waals surface area (Å²) in [4.78, 5) is 14.6. The largest absolute Gasteiger partial charge is 0.370 e. The third-order valence-corrected chi connectivity index (χ3v) is 4.37. The number of morpholine rings is 1. The van der Waals surface area contributed by atoms with Crippen LogP contribution in [0.5, 0.6) is 0 Å². The van der Waals surface area contributed by atoms with Crippen LogP contribution in [0.1, 0.15) is 47.5 Å². The van der Waals surface area contributed by atoms with Gasteiger partial charge in [0.1, 0.15) is 5.54 Å². The van der Waals surface area contributed by atoms with Gasteiger partial charge in [0.05, 0.1) is 11.7 Å². The predicted molar refractivity (Wildman–Crippen MR) is 84.0 cm³/mol. The molecule has 5 heteroatoms. The van der Waals surface area contributed by atoms with Gasteiger partial charge in [0.2, 0.25) is 5.91 Å². The third-order valence-electron chi connectivity index (χ3n) is 4.37. The van der Waals surface area contributed by atoms with Gasteiger partial charge in [0.15, 0.2) is 0 Å². The van der Waals surface area contributed by atoms with Crippen molar-refractivity contribution in [2.24, 2.45) is 11.7 Å². The Morgan fingerprint density at radius 3 is 2.52 bits per heavy atom. The number of rotatable bonds is 6. The smallest absolute Gasteiger partial charge is 0.239 e. The van der Waals surface area contributed by atoms with E-state index in [0.717, 1.165) is 25.9 Å². The molecule has 1 aliphatic carbocycles. The predicted octanol–water partition coefficient (Wildman–Crippen LogP) is 1.12. The quantitative estimate of drug-likeness (QED) is 0.771. The van der Waals surface area contributed by atoms with E-state index in [1.165, 1.54) is 0 Å². The average Bonchev–Trinajstić information content (AvgIpc) is 3.07. The van der Waals surface area contributed by atoms with Crippen LogP contribution in [0.2, 0.25) is 0 Å². The number of amides is 1. The summed E-state index contributed by atoms with van der Waals surface area (Å²) in [5.41, 5.74) is 5.05. The summed E-state index contributed by atoms with van der Waals surface area (Å²) in [5.74, 6) is 0.161. The van der Waals surface area contributed by atoms with Crippen molar-refractivity contribution in [3.63, 3.8) is 0 Å². The summed E-state index contributed by atoms with van der Waals surface area (Å²) in [6.45, 7) is 12.8. The molecule has 0 aromatic heterocycles. The normalized spacial score (nSPS) is 29.3. The van der Waals surface area contributed by atoms with Crippen LogP contribution in [0, 0.1) is 5.92 Å². The lowest BCUT2D eigenvalue weighted by molar-refractivity contribution is -0.141. The number of nitrogens with one attached hydrogen (secondary N) is 1. The topological polar surface area (TPSA) is 67.6 Å². The standard InChI is InChI=1S/C16H31N3O2/c1-11(2)18-16(14(17)20,13-6-7-13)10-19-8-12(3)21-15(4,5)9-19/h11-13,18H,6-10H2,1-5H3,(H2,17,20). The first-order valence-corrected chi connectivity index (χ1v) is 8.12. The van der Waals surface area contributed by atoms with E-state index in [1.54, 1.807) is 0 Å². The number of nitrogens with two attached hydrogens (primary N) is 1. The van der Waals surface area contributed by atoms with Crippen LogP contribution in [-0.2, 0) is 9.53 Å². The second kappa shape index (κ2) is 5.86. The maximum absolute atomic E-state index is 12.3. The first-order valence-electron chi connectivity index (χ1n) is 8.12. The molecule has 0 aromatic carbocycles. The minimum Gasteiger partial charge on any atom is -0.370 e. The number of carbonyl (C=O) groups is 1. The highest BCUT2D eigenvalue weighted by Crippen LogP contribution is 2.41. The fourth-order valence-corrected chi connectivity index (χ4v) is 3.79. The summed E-state index contributed by atoms with van der Waals surface area (Å²) < 4.78 is 5.96. The highest BCUT2D eigenvalue weighted by Gasteiger charge is 2.51.